The summed E-state index contributed by atoms with van der Waals surface area (Å²) in [4.78, 5) is 27.3. The first-order valence-electron chi connectivity index (χ1n) is 8.91. The second kappa shape index (κ2) is 9.24. The van der Waals surface area contributed by atoms with Crippen LogP contribution >= 0.6 is 11.6 Å². The van der Waals surface area contributed by atoms with E-state index in [1.807, 2.05) is 29.8 Å². The molecular weight excluding hydrogens is 356 g/mol. The summed E-state index contributed by atoms with van der Waals surface area (Å²) < 4.78 is 5.79. The van der Waals surface area contributed by atoms with E-state index in [1.54, 1.807) is 19.1 Å². The summed E-state index contributed by atoms with van der Waals surface area (Å²) in [6, 6.07) is 5.53. The lowest BCUT2D eigenvalue weighted by molar-refractivity contribution is -0.139. The number of likely N-dealkylation sites (N-methyl/N-ethyl adjacent to an activating group) is 1. The largest absolute Gasteiger partial charge is 0.481 e. The fourth-order valence-corrected chi connectivity index (χ4v) is 3.40. The molecule has 2 unspecified atom stereocenters. The number of aryl methyl sites for hydroxylation is 1. The van der Waals surface area contributed by atoms with Gasteiger partial charge in [-0.15, -0.1) is 0 Å². The molecule has 1 aliphatic rings. The fourth-order valence-electron chi connectivity index (χ4n) is 3.28. The maximum atomic E-state index is 12.7. The van der Waals surface area contributed by atoms with Crippen LogP contribution in [0.2, 0.25) is 5.02 Å². The molecule has 144 valence electrons. The van der Waals surface area contributed by atoms with Crippen LogP contribution in [0.3, 0.4) is 0 Å². The van der Waals surface area contributed by atoms with Crippen molar-refractivity contribution in [2.24, 2.45) is 0 Å². The summed E-state index contributed by atoms with van der Waals surface area (Å²) >= 11 is 6.02. The van der Waals surface area contributed by atoms with Crippen LogP contribution in [0, 0.1) is 6.92 Å². The van der Waals surface area contributed by atoms with Gasteiger partial charge < -0.3 is 14.7 Å². The van der Waals surface area contributed by atoms with Gasteiger partial charge in [-0.05, 0) is 63.9 Å². The summed E-state index contributed by atoms with van der Waals surface area (Å²) in [6.07, 6.45) is 1.93. The maximum Gasteiger partial charge on any atom is 0.317 e. The third-order valence-electron chi connectivity index (χ3n) is 4.81. The van der Waals surface area contributed by atoms with Crippen LogP contribution in [-0.4, -0.2) is 65.6 Å². The van der Waals surface area contributed by atoms with E-state index in [1.165, 1.54) is 0 Å². The molecule has 0 spiro atoms. The molecule has 2 rings (SSSR count). The van der Waals surface area contributed by atoms with E-state index < -0.39 is 12.1 Å². The number of ether oxygens (including phenoxy) is 1. The molecule has 0 aromatic heterocycles. The Morgan fingerprint density at radius 3 is 2.77 bits per heavy atom. The standard InChI is InChI=1S/C19H27ClN2O4/c1-13-11-16(6-7-17(13)20)26-14(2)19(25)22-9-4-5-15(8-10-22)21(3)12-18(23)24/h6-7,11,14-15H,4-5,8-10,12H2,1-3H3,(H,23,24). The van der Waals surface area contributed by atoms with Gasteiger partial charge in [0.25, 0.3) is 5.91 Å². The van der Waals surface area contributed by atoms with Crippen LogP contribution in [0.4, 0.5) is 0 Å². The smallest absolute Gasteiger partial charge is 0.317 e. The van der Waals surface area contributed by atoms with Gasteiger partial charge in [-0.2, -0.15) is 0 Å². The molecule has 0 bridgehead atoms. The van der Waals surface area contributed by atoms with E-state index in [9.17, 15) is 9.59 Å². The fraction of sp³-hybridized carbons (Fsp3) is 0.579. The zero-order valence-corrected chi connectivity index (χ0v) is 16.3. The predicted molar refractivity (Wildman–Crippen MR) is 101 cm³/mol. The Morgan fingerprint density at radius 2 is 2.12 bits per heavy atom. The number of carbonyl (C=O) groups is 2. The first kappa shape index (κ1) is 20.5. The van der Waals surface area contributed by atoms with Crippen molar-refractivity contribution in [2.75, 3.05) is 26.7 Å². The average molecular weight is 383 g/mol. The lowest BCUT2D eigenvalue weighted by atomic mass is 10.1. The molecule has 0 radical (unpaired) electrons. The zero-order valence-electron chi connectivity index (χ0n) is 15.6. The number of halogens is 1. The van der Waals surface area contributed by atoms with E-state index in [2.05, 4.69) is 0 Å². The molecule has 7 heteroatoms. The molecule has 1 aromatic rings. The van der Waals surface area contributed by atoms with Gasteiger partial charge >= 0.3 is 5.97 Å². The van der Waals surface area contributed by atoms with Crippen molar-refractivity contribution in [1.29, 1.82) is 0 Å². The number of rotatable bonds is 6. The van der Waals surface area contributed by atoms with Crippen LogP contribution < -0.4 is 4.74 Å². The van der Waals surface area contributed by atoms with Gasteiger partial charge in [0, 0.05) is 24.2 Å². The Kier molecular flexibility index (Phi) is 7.29. The summed E-state index contributed by atoms with van der Waals surface area (Å²) in [7, 11) is 1.82. The third-order valence-corrected chi connectivity index (χ3v) is 5.23. The highest BCUT2D eigenvalue weighted by atomic mass is 35.5. The van der Waals surface area contributed by atoms with Gasteiger partial charge in [0.1, 0.15) is 5.75 Å². The van der Waals surface area contributed by atoms with E-state index >= 15 is 0 Å². The molecule has 1 aromatic carbocycles. The second-order valence-electron chi connectivity index (χ2n) is 6.89. The van der Waals surface area contributed by atoms with Gasteiger partial charge in [0.05, 0.1) is 6.54 Å². The van der Waals surface area contributed by atoms with E-state index in [0.29, 0.717) is 23.9 Å². The van der Waals surface area contributed by atoms with Crippen molar-refractivity contribution in [2.45, 2.75) is 45.3 Å². The number of amides is 1. The lowest BCUT2D eigenvalue weighted by Crippen LogP contribution is -2.42. The van der Waals surface area contributed by atoms with Crippen molar-refractivity contribution in [3.63, 3.8) is 0 Å². The summed E-state index contributed by atoms with van der Waals surface area (Å²) in [5, 5.41) is 9.61. The molecule has 1 heterocycles. The Labute approximate surface area is 159 Å². The number of hydrogen-bond donors (Lipinski definition) is 1. The topological polar surface area (TPSA) is 70.1 Å². The third kappa shape index (κ3) is 5.61. The molecule has 26 heavy (non-hydrogen) atoms. The molecule has 1 saturated heterocycles. The molecule has 1 aliphatic heterocycles. The summed E-state index contributed by atoms with van der Waals surface area (Å²) in [6.45, 7) is 4.95. The maximum absolute atomic E-state index is 12.7. The van der Waals surface area contributed by atoms with Gasteiger partial charge in [0.2, 0.25) is 0 Å². The van der Waals surface area contributed by atoms with Crippen molar-refractivity contribution in [3.05, 3.63) is 28.8 Å². The van der Waals surface area contributed by atoms with E-state index in [4.69, 9.17) is 21.4 Å². The first-order chi connectivity index (χ1) is 12.3. The predicted octanol–water partition coefficient (Wildman–Crippen LogP) is 2.81. The molecule has 1 N–H and O–H groups in total. The van der Waals surface area contributed by atoms with E-state index in [-0.39, 0.29) is 18.5 Å². The summed E-state index contributed by atoms with van der Waals surface area (Å²) in [5.41, 5.74) is 0.905. The van der Waals surface area contributed by atoms with Crippen molar-refractivity contribution < 1.29 is 19.4 Å². The highest BCUT2D eigenvalue weighted by Crippen LogP contribution is 2.23. The number of carbonyl (C=O) groups excluding carboxylic acids is 1. The Balaban J connectivity index is 1.92. The highest BCUT2D eigenvalue weighted by Gasteiger charge is 2.27. The first-order valence-corrected chi connectivity index (χ1v) is 9.29. The van der Waals surface area contributed by atoms with Crippen molar-refractivity contribution in [3.8, 4) is 5.75 Å². The number of likely N-dealkylation sites (tertiary alicyclic amines) is 1. The number of hydrogen-bond acceptors (Lipinski definition) is 4. The number of carboxylic acid groups (broad SMARTS) is 1. The van der Waals surface area contributed by atoms with E-state index in [0.717, 1.165) is 24.8 Å². The average Bonchev–Trinajstić information content (AvgIpc) is 2.83. The normalized spacial score (nSPS) is 19.1. The summed E-state index contributed by atoms with van der Waals surface area (Å²) in [5.74, 6) is -0.245. The van der Waals surface area contributed by atoms with Crippen molar-refractivity contribution in [1.82, 2.24) is 9.80 Å². The van der Waals surface area contributed by atoms with Crippen LogP contribution in [-0.2, 0) is 9.59 Å². The second-order valence-corrected chi connectivity index (χ2v) is 7.30. The lowest BCUT2D eigenvalue weighted by Gasteiger charge is -2.27. The van der Waals surface area contributed by atoms with Crippen LogP contribution in [0.5, 0.6) is 5.75 Å². The van der Waals surface area contributed by atoms with Gasteiger partial charge in [0.15, 0.2) is 6.10 Å². The quantitative estimate of drug-likeness (QED) is 0.819. The van der Waals surface area contributed by atoms with Crippen LogP contribution in [0.15, 0.2) is 18.2 Å². The molecule has 2 atom stereocenters. The van der Waals surface area contributed by atoms with Crippen molar-refractivity contribution >= 4 is 23.5 Å². The molecule has 0 aliphatic carbocycles. The molecular formula is C19H27ClN2O4. The molecule has 1 amide bonds. The minimum absolute atomic E-state index is 0.0219. The molecule has 0 saturated carbocycles. The molecule has 1 fully saturated rings. The SMILES string of the molecule is Cc1cc(OC(C)C(=O)N2CCCC(N(C)CC(=O)O)CC2)ccc1Cl. The minimum Gasteiger partial charge on any atom is -0.481 e. The van der Waals surface area contributed by atoms with Crippen LogP contribution in [0.25, 0.3) is 0 Å². The number of carboxylic acids is 1. The zero-order chi connectivity index (χ0) is 19.3. The Hall–Kier alpha value is -1.79. The number of benzene rings is 1. The highest BCUT2D eigenvalue weighted by molar-refractivity contribution is 6.31. The van der Waals surface area contributed by atoms with Crippen LogP contribution in [0.1, 0.15) is 31.7 Å². The van der Waals surface area contributed by atoms with Gasteiger partial charge in [-0.3, -0.25) is 14.5 Å². The Morgan fingerprint density at radius 1 is 1.38 bits per heavy atom. The number of nitrogens with zero attached hydrogens (tertiary/aromatic N) is 2. The monoisotopic (exact) mass is 382 g/mol. The molecule has 6 nitrogen and oxygen atoms in total. The number of aliphatic carboxylic acids is 1. The van der Waals surface area contributed by atoms with Gasteiger partial charge in [-0.1, -0.05) is 11.6 Å². The minimum atomic E-state index is -0.829. The Bertz CT molecular complexity index is 652. The van der Waals surface area contributed by atoms with Gasteiger partial charge in [-0.25, -0.2) is 0 Å².